The van der Waals surface area contributed by atoms with Gasteiger partial charge in [0.1, 0.15) is 0 Å². The summed E-state index contributed by atoms with van der Waals surface area (Å²) < 4.78 is 0. The monoisotopic (exact) mass is 204 g/mol. The normalized spacial score (nSPS) is 24.6. The molecule has 1 unspecified atom stereocenters. The Morgan fingerprint density at radius 2 is 2.60 bits per heavy atom. The van der Waals surface area contributed by atoms with Gasteiger partial charge in [-0.15, -0.1) is 0 Å². The highest BCUT2D eigenvalue weighted by molar-refractivity contribution is 9.09. The van der Waals surface area contributed by atoms with Crippen LogP contribution >= 0.6 is 15.9 Å². The van der Waals surface area contributed by atoms with Gasteiger partial charge in [0.2, 0.25) is 0 Å². The van der Waals surface area contributed by atoms with Crippen LogP contribution in [0.2, 0.25) is 0 Å². The molecule has 0 bridgehead atoms. The molecule has 1 aliphatic carbocycles. The van der Waals surface area contributed by atoms with Crippen molar-refractivity contribution in [2.45, 2.75) is 18.9 Å². The lowest BCUT2D eigenvalue weighted by atomic mass is 10.1. The molecule has 0 saturated heterocycles. The summed E-state index contributed by atoms with van der Waals surface area (Å²) in [6, 6.07) is 0. The van der Waals surface area contributed by atoms with E-state index in [0.717, 1.165) is 5.57 Å². The third-order valence-corrected chi connectivity index (χ3v) is 2.08. The van der Waals surface area contributed by atoms with Crippen molar-refractivity contribution in [3.63, 3.8) is 0 Å². The maximum Gasteiger partial charge on any atom is 0.169 e. The maximum absolute atomic E-state index is 10.9. The van der Waals surface area contributed by atoms with Gasteiger partial charge < -0.3 is 5.11 Å². The highest BCUT2D eigenvalue weighted by Gasteiger charge is 2.18. The second-order valence-corrected chi connectivity index (χ2v) is 2.94. The summed E-state index contributed by atoms with van der Waals surface area (Å²) in [6.45, 7) is 0. The van der Waals surface area contributed by atoms with Gasteiger partial charge in [0.15, 0.2) is 5.78 Å². The average molecular weight is 205 g/mol. The van der Waals surface area contributed by atoms with Crippen LogP contribution in [0.15, 0.2) is 11.6 Å². The summed E-state index contributed by atoms with van der Waals surface area (Å²) in [4.78, 5) is 10.9. The average Bonchev–Trinajstić information content (AvgIpc) is 2.34. The molecule has 0 heterocycles. The number of hydrogen-bond donors (Lipinski definition) is 1. The Kier molecular flexibility index (Phi) is 2.63. The standard InChI is InChI=1S/C7H9BrO2/c8-4-7(10)5-1-2-6(9)3-5/h1,6,9H,2-4H2. The van der Waals surface area contributed by atoms with Crippen molar-refractivity contribution in [2.75, 3.05) is 5.33 Å². The van der Waals surface area contributed by atoms with Crippen molar-refractivity contribution in [1.29, 1.82) is 0 Å². The number of Topliss-reactive ketones (excluding diaryl/α,β-unsaturated/α-hetero) is 1. The van der Waals surface area contributed by atoms with E-state index in [4.69, 9.17) is 5.11 Å². The quantitative estimate of drug-likeness (QED) is 0.683. The number of aliphatic hydroxyl groups is 1. The molecule has 1 atom stereocenters. The molecule has 1 aliphatic rings. The molecule has 3 heteroatoms. The first kappa shape index (κ1) is 7.95. The van der Waals surface area contributed by atoms with E-state index >= 15 is 0 Å². The van der Waals surface area contributed by atoms with Gasteiger partial charge in [0.25, 0.3) is 0 Å². The molecule has 0 saturated carbocycles. The number of alkyl halides is 1. The van der Waals surface area contributed by atoms with Gasteiger partial charge in [-0.25, -0.2) is 0 Å². The van der Waals surface area contributed by atoms with E-state index in [1.54, 1.807) is 0 Å². The zero-order valence-electron chi connectivity index (χ0n) is 5.51. The summed E-state index contributed by atoms with van der Waals surface area (Å²) in [6.07, 6.45) is 2.66. The van der Waals surface area contributed by atoms with Gasteiger partial charge in [0, 0.05) is 6.42 Å². The van der Waals surface area contributed by atoms with Crippen LogP contribution in [0.1, 0.15) is 12.8 Å². The minimum atomic E-state index is -0.321. The first-order chi connectivity index (χ1) is 4.74. The minimum absolute atomic E-state index is 0.0940. The van der Waals surface area contributed by atoms with Crippen molar-refractivity contribution in [3.05, 3.63) is 11.6 Å². The van der Waals surface area contributed by atoms with Gasteiger partial charge in [-0.2, -0.15) is 0 Å². The van der Waals surface area contributed by atoms with Crippen LogP contribution in [0.4, 0.5) is 0 Å². The van der Waals surface area contributed by atoms with Crippen LogP contribution in [0.5, 0.6) is 0 Å². The highest BCUT2D eigenvalue weighted by atomic mass is 79.9. The molecular weight excluding hydrogens is 196 g/mol. The van der Waals surface area contributed by atoms with E-state index < -0.39 is 0 Å². The fourth-order valence-electron chi connectivity index (χ4n) is 1.01. The zero-order valence-corrected chi connectivity index (χ0v) is 7.10. The molecule has 0 amide bonds. The van der Waals surface area contributed by atoms with Crippen molar-refractivity contribution in [2.24, 2.45) is 0 Å². The molecule has 1 rings (SSSR count). The lowest BCUT2D eigenvalue weighted by Crippen LogP contribution is -2.05. The summed E-state index contributed by atoms with van der Waals surface area (Å²) in [5.41, 5.74) is 0.768. The molecule has 0 aromatic rings. The van der Waals surface area contributed by atoms with Gasteiger partial charge in [-0.05, 0) is 12.0 Å². The van der Waals surface area contributed by atoms with Crippen molar-refractivity contribution < 1.29 is 9.90 Å². The van der Waals surface area contributed by atoms with Gasteiger partial charge in [-0.1, -0.05) is 22.0 Å². The third kappa shape index (κ3) is 1.67. The Morgan fingerprint density at radius 1 is 1.90 bits per heavy atom. The van der Waals surface area contributed by atoms with Crippen LogP contribution in [0.3, 0.4) is 0 Å². The molecule has 1 N–H and O–H groups in total. The molecular formula is C7H9BrO2. The van der Waals surface area contributed by atoms with Crippen LogP contribution in [0, 0.1) is 0 Å². The number of ketones is 1. The fourth-order valence-corrected chi connectivity index (χ4v) is 1.37. The zero-order chi connectivity index (χ0) is 7.56. The number of rotatable bonds is 2. The number of carbonyl (C=O) groups is 1. The first-order valence-corrected chi connectivity index (χ1v) is 4.32. The third-order valence-electron chi connectivity index (χ3n) is 1.57. The maximum atomic E-state index is 10.9. The topological polar surface area (TPSA) is 37.3 Å². The van der Waals surface area contributed by atoms with E-state index in [1.807, 2.05) is 6.08 Å². The summed E-state index contributed by atoms with van der Waals surface area (Å²) in [5.74, 6) is 0.0940. The predicted molar refractivity (Wildman–Crippen MR) is 42.1 cm³/mol. The molecule has 0 spiro atoms. The molecule has 56 valence electrons. The number of hydrogen-bond acceptors (Lipinski definition) is 2. The summed E-state index contributed by atoms with van der Waals surface area (Å²) >= 11 is 3.07. The smallest absolute Gasteiger partial charge is 0.169 e. The largest absolute Gasteiger partial charge is 0.392 e. The predicted octanol–water partition coefficient (Wildman–Crippen LogP) is 1.03. The number of halogens is 1. The molecule has 0 fully saturated rings. The van der Waals surface area contributed by atoms with Gasteiger partial charge in [-0.3, -0.25) is 4.79 Å². The Balaban J connectivity index is 2.51. The van der Waals surface area contributed by atoms with E-state index in [0.29, 0.717) is 18.2 Å². The second-order valence-electron chi connectivity index (χ2n) is 2.38. The van der Waals surface area contributed by atoms with E-state index in [1.165, 1.54) is 0 Å². The van der Waals surface area contributed by atoms with Crippen molar-refractivity contribution in [3.8, 4) is 0 Å². The summed E-state index contributed by atoms with van der Waals surface area (Å²) in [7, 11) is 0. The van der Waals surface area contributed by atoms with Crippen LogP contribution in [-0.4, -0.2) is 22.3 Å². The first-order valence-electron chi connectivity index (χ1n) is 3.20. The SMILES string of the molecule is O=C(CBr)C1=CCC(O)C1. The lowest BCUT2D eigenvalue weighted by Gasteiger charge is -1.98. The second kappa shape index (κ2) is 3.30. The van der Waals surface area contributed by atoms with Crippen molar-refractivity contribution >= 4 is 21.7 Å². The van der Waals surface area contributed by atoms with E-state index in [-0.39, 0.29) is 11.9 Å². The highest BCUT2D eigenvalue weighted by Crippen LogP contribution is 2.19. The Morgan fingerprint density at radius 3 is 3.00 bits per heavy atom. The van der Waals surface area contributed by atoms with E-state index in [9.17, 15) is 4.79 Å². The van der Waals surface area contributed by atoms with Gasteiger partial charge >= 0.3 is 0 Å². The molecule has 0 aliphatic heterocycles. The lowest BCUT2D eigenvalue weighted by molar-refractivity contribution is -0.113. The van der Waals surface area contributed by atoms with Crippen LogP contribution in [-0.2, 0) is 4.79 Å². The van der Waals surface area contributed by atoms with Crippen molar-refractivity contribution in [1.82, 2.24) is 0 Å². The Bertz CT molecular complexity index is 174. The Labute approximate surface area is 68.1 Å². The molecule has 0 radical (unpaired) electrons. The van der Waals surface area contributed by atoms with Crippen LogP contribution < -0.4 is 0 Å². The van der Waals surface area contributed by atoms with Crippen LogP contribution in [0.25, 0.3) is 0 Å². The molecule has 10 heavy (non-hydrogen) atoms. The minimum Gasteiger partial charge on any atom is -0.392 e. The fraction of sp³-hybridized carbons (Fsp3) is 0.571. The molecule has 2 nitrogen and oxygen atoms in total. The van der Waals surface area contributed by atoms with Gasteiger partial charge in [0.05, 0.1) is 11.4 Å². The number of aliphatic hydroxyl groups excluding tert-OH is 1. The molecule has 0 aromatic carbocycles. The summed E-state index contributed by atoms with van der Waals surface area (Å²) in [5, 5.41) is 9.39. The number of carbonyl (C=O) groups excluding carboxylic acids is 1. The molecule has 0 aromatic heterocycles. The Hall–Kier alpha value is -0.150. The van der Waals surface area contributed by atoms with E-state index in [2.05, 4.69) is 15.9 Å².